The molecule has 2 aromatic rings. The molecule has 0 aromatic carbocycles. The summed E-state index contributed by atoms with van der Waals surface area (Å²) in [6.07, 6.45) is 4.39. The molecule has 1 N–H and O–H groups in total. The Hall–Kier alpha value is -1.34. The van der Waals surface area contributed by atoms with Gasteiger partial charge in [0, 0.05) is 21.3 Å². The first-order chi connectivity index (χ1) is 9.52. The molecule has 2 heterocycles. The highest BCUT2D eigenvalue weighted by Crippen LogP contribution is 2.26. The average Bonchev–Trinajstić information content (AvgIpc) is 2.38. The Morgan fingerprint density at radius 2 is 2.05 bits per heavy atom. The predicted octanol–water partition coefficient (Wildman–Crippen LogP) is 3.71. The number of aromatic carboxylic acids is 1. The van der Waals surface area contributed by atoms with E-state index in [0.717, 1.165) is 15.4 Å². The standard InChI is InChI=1S/C13H11Br2N3O2/c1-2-3-10-8(13(19)20)6-17-12(18-10)11-9(15)4-7(14)5-16-11/h4-6H,2-3H2,1H3,(H,19,20). The van der Waals surface area contributed by atoms with Crippen molar-refractivity contribution in [1.29, 1.82) is 0 Å². The number of rotatable bonds is 4. The first-order valence-corrected chi connectivity index (χ1v) is 7.52. The molecule has 0 bridgehead atoms. The summed E-state index contributed by atoms with van der Waals surface area (Å²) in [5, 5.41) is 9.13. The fourth-order valence-corrected chi connectivity index (χ4v) is 2.88. The van der Waals surface area contributed by atoms with Crippen molar-refractivity contribution in [1.82, 2.24) is 15.0 Å². The average molecular weight is 401 g/mol. The van der Waals surface area contributed by atoms with E-state index in [0.29, 0.717) is 23.6 Å². The molecule has 0 spiro atoms. The van der Waals surface area contributed by atoms with Crippen LogP contribution in [0.5, 0.6) is 0 Å². The van der Waals surface area contributed by atoms with Crippen LogP contribution in [0.25, 0.3) is 11.5 Å². The van der Waals surface area contributed by atoms with E-state index in [4.69, 9.17) is 5.11 Å². The van der Waals surface area contributed by atoms with Gasteiger partial charge in [-0.05, 0) is 44.3 Å². The molecule has 2 aromatic heterocycles. The Balaban J connectivity index is 2.52. The van der Waals surface area contributed by atoms with Gasteiger partial charge < -0.3 is 5.11 Å². The quantitative estimate of drug-likeness (QED) is 0.846. The largest absolute Gasteiger partial charge is 0.478 e. The van der Waals surface area contributed by atoms with E-state index in [1.165, 1.54) is 6.20 Å². The zero-order valence-corrected chi connectivity index (χ0v) is 13.8. The van der Waals surface area contributed by atoms with Crippen LogP contribution < -0.4 is 0 Å². The smallest absolute Gasteiger partial charge is 0.339 e. The molecule has 0 amide bonds. The van der Waals surface area contributed by atoms with E-state index < -0.39 is 5.97 Å². The van der Waals surface area contributed by atoms with Crippen LogP contribution in [0, 0.1) is 0 Å². The maximum atomic E-state index is 11.1. The Labute approximate surface area is 132 Å². The molecule has 0 saturated carbocycles. The number of aromatic nitrogens is 3. The van der Waals surface area contributed by atoms with Gasteiger partial charge in [0.05, 0.1) is 11.3 Å². The van der Waals surface area contributed by atoms with E-state index in [2.05, 4.69) is 46.8 Å². The highest BCUT2D eigenvalue weighted by molar-refractivity contribution is 9.11. The summed E-state index contributed by atoms with van der Waals surface area (Å²) in [5.41, 5.74) is 1.26. The number of halogens is 2. The van der Waals surface area contributed by atoms with Gasteiger partial charge in [0.1, 0.15) is 5.69 Å². The minimum atomic E-state index is -1.01. The molecule has 2 rings (SSSR count). The molecule has 0 unspecified atom stereocenters. The number of nitrogens with zero attached hydrogens (tertiary/aromatic N) is 3. The number of aryl methyl sites for hydroxylation is 1. The van der Waals surface area contributed by atoms with Crippen molar-refractivity contribution < 1.29 is 9.90 Å². The van der Waals surface area contributed by atoms with Crippen molar-refractivity contribution in [3.8, 4) is 11.5 Å². The molecule has 0 radical (unpaired) electrons. The van der Waals surface area contributed by atoms with Gasteiger partial charge >= 0.3 is 5.97 Å². The Kier molecular flexibility index (Phi) is 4.82. The summed E-state index contributed by atoms with van der Waals surface area (Å²) < 4.78 is 1.58. The SMILES string of the molecule is CCCc1nc(-c2ncc(Br)cc2Br)ncc1C(=O)O. The highest BCUT2D eigenvalue weighted by Gasteiger charge is 2.15. The second-order valence-electron chi connectivity index (χ2n) is 4.09. The van der Waals surface area contributed by atoms with Crippen molar-refractivity contribution in [3.63, 3.8) is 0 Å². The number of carbonyl (C=O) groups is 1. The van der Waals surface area contributed by atoms with Crippen molar-refractivity contribution in [3.05, 3.63) is 38.7 Å². The third-order valence-corrected chi connectivity index (χ3v) is 3.64. The molecular weight excluding hydrogens is 390 g/mol. The van der Waals surface area contributed by atoms with Gasteiger partial charge in [0.15, 0.2) is 5.82 Å². The van der Waals surface area contributed by atoms with E-state index in [1.54, 1.807) is 6.20 Å². The predicted molar refractivity (Wildman–Crippen MR) is 81.6 cm³/mol. The summed E-state index contributed by atoms with van der Waals surface area (Å²) in [4.78, 5) is 23.9. The van der Waals surface area contributed by atoms with E-state index in [1.807, 2.05) is 13.0 Å². The lowest BCUT2D eigenvalue weighted by molar-refractivity contribution is 0.0694. The van der Waals surface area contributed by atoms with Crippen molar-refractivity contribution >= 4 is 37.8 Å². The number of carboxylic acid groups (broad SMARTS) is 1. The van der Waals surface area contributed by atoms with Crippen molar-refractivity contribution in [2.24, 2.45) is 0 Å². The Bertz CT molecular complexity index is 662. The van der Waals surface area contributed by atoms with Crippen LogP contribution >= 0.6 is 31.9 Å². The van der Waals surface area contributed by atoms with E-state index in [-0.39, 0.29) is 5.56 Å². The minimum absolute atomic E-state index is 0.142. The topological polar surface area (TPSA) is 76.0 Å². The lowest BCUT2D eigenvalue weighted by atomic mass is 10.1. The van der Waals surface area contributed by atoms with Gasteiger partial charge in [0.25, 0.3) is 0 Å². The third-order valence-electron chi connectivity index (χ3n) is 2.60. The van der Waals surface area contributed by atoms with Crippen LogP contribution in [-0.4, -0.2) is 26.0 Å². The minimum Gasteiger partial charge on any atom is -0.478 e. The zero-order chi connectivity index (χ0) is 14.7. The maximum absolute atomic E-state index is 11.1. The summed E-state index contributed by atoms with van der Waals surface area (Å²) in [7, 11) is 0. The molecule has 0 aliphatic carbocycles. The number of hydrogen-bond acceptors (Lipinski definition) is 4. The first-order valence-electron chi connectivity index (χ1n) is 5.93. The van der Waals surface area contributed by atoms with E-state index in [9.17, 15) is 4.79 Å². The van der Waals surface area contributed by atoms with Gasteiger partial charge in [-0.3, -0.25) is 4.98 Å². The normalized spacial score (nSPS) is 10.6. The van der Waals surface area contributed by atoms with E-state index >= 15 is 0 Å². The molecule has 0 aliphatic heterocycles. The summed E-state index contributed by atoms with van der Waals surface area (Å²) >= 11 is 6.73. The second-order valence-corrected chi connectivity index (χ2v) is 5.86. The van der Waals surface area contributed by atoms with Gasteiger partial charge in [-0.2, -0.15) is 0 Å². The lowest BCUT2D eigenvalue weighted by Gasteiger charge is -2.07. The lowest BCUT2D eigenvalue weighted by Crippen LogP contribution is -2.08. The Morgan fingerprint density at radius 3 is 2.65 bits per heavy atom. The molecule has 0 aliphatic rings. The first kappa shape index (κ1) is 15.1. The summed E-state index contributed by atoms with van der Waals surface area (Å²) in [6.45, 7) is 1.97. The fourth-order valence-electron chi connectivity index (χ4n) is 1.72. The van der Waals surface area contributed by atoms with Crippen LogP contribution in [0.1, 0.15) is 29.4 Å². The highest BCUT2D eigenvalue weighted by atomic mass is 79.9. The van der Waals surface area contributed by atoms with Crippen LogP contribution in [0.3, 0.4) is 0 Å². The zero-order valence-electron chi connectivity index (χ0n) is 10.6. The van der Waals surface area contributed by atoms with Gasteiger partial charge in [-0.15, -0.1) is 0 Å². The molecule has 0 saturated heterocycles. The fraction of sp³-hybridized carbons (Fsp3) is 0.231. The third kappa shape index (κ3) is 3.21. The van der Waals surface area contributed by atoms with Crippen LogP contribution in [0.4, 0.5) is 0 Å². The summed E-state index contributed by atoms with van der Waals surface area (Å²) in [6, 6.07) is 1.84. The van der Waals surface area contributed by atoms with Crippen LogP contribution in [0.15, 0.2) is 27.4 Å². The van der Waals surface area contributed by atoms with Gasteiger partial charge in [0.2, 0.25) is 0 Å². The molecule has 0 fully saturated rings. The van der Waals surface area contributed by atoms with Crippen LogP contribution in [0.2, 0.25) is 0 Å². The van der Waals surface area contributed by atoms with Crippen molar-refractivity contribution in [2.75, 3.05) is 0 Å². The summed E-state index contributed by atoms with van der Waals surface area (Å²) in [5.74, 6) is -0.597. The van der Waals surface area contributed by atoms with Crippen molar-refractivity contribution in [2.45, 2.75) is 19.8 Å². The number of carboxylic acids is 1. The number of hydrogen-bond donors (Lipinski definition) is 1. The second kappa shape index (κ2) is 6.41. The number of pyridine rings is 1. The molecule has 0 atom stereocenters. The van der Waals surface area contributed by atoms with Gasteiger partial charge in [-0.25, -0.2) is 14.8 Å². The van der Waals surface area contributed by atoms with Gasteiger partial charge in [-0.1, -0.05) is 13.3 Å². The maximum Gasteiger partial charge on any atom is 0.339 e. The molecule has 5 nitrogen and oxygen atoms in total. The molecule has 7 heteroatoms. The molecular formula is C13H11Br2N3O2. The Morgan fingerprint density at radius 1 is 1.30 bits per heavy atom. The van der Waals surface area contributed by atoms with Crippen LogP contribution in [-0.2, 0) is 6.42 Å². The molecule has 104 valence electrons. The molecule has 20 heavy (non-hydrogen) atoms. The monoisotopic (exact) mass is 399 g/mol.